The van der Waals surface area contributed by atoms with Crippen LogP contribution in [0.4, 0.5) is 0 Å². The summed E-state index contributed by atoms with van der Waals surface area (Å²) in [5, 5.41) is 9.33. The highest BCUT2D eigenvalue weighted by atomic mass is 35.5. The van der Waals surface area contributed by atoms with Crippen LogP contribution in [0.3, 0.4) is 0 Å². The third kappa shape index (κ3) is 8.07. The zero-order valence-corrected chi connectivity index (χ0v) is 17.9. The van der Waals surface area contributed by atoms with Crippen LogP contribution in [0.15, 0.2) is 24.3 Å². The Kier molecular flexibility index (Phi) is 10.9. The number of piperidine rings is 1. The fraction of sp³-hybridized carbons (Fsp3) is 0.619. The Hall–Kier alpha value is -1.79. The van der Waals surface area contributed by atoms with Crippen molar-refractivity contribution in [3.8, 4) is 5.75 Å². The van der Waals surface area contributed by atoms with E-state index < -0.39 is 0 Å². The Morgan fingerprint density at radius 1 is 1.29 bits per heavy atom. The zero-order chi connectivity index (χ0) is 19.6. The van der Waals surface area contributed by atoms with Gasteiger partial charge in [0.2, 0.25) is 11.8 Å². The molecular weight excluding hydrogens is 378 g/mol. The van der Waals surface area contributed by atoms with Gasteiger partial charge < -0.3 is 20.7 Å². The van der Waals surface area contributed by atoms with Crippen LogP contribution in [0, 0.1) is 5.92 Å². The van der Waals surface area contributed by atoms with Crippen molar-refractivity contribution in [3.63, 3.8) is 0 Å². The molecular formula is C21H34ClN3O3. The Morgan fingerprint density at radius 2 is 2.00 bits per heavy atom. The molecule has 1 aliphatic heterocycles. The number of ether oxygens (including phenoxy) is 1. The van der Waals surface area contributed by atoms with Crippen LogP contribution < -0.4 is 20.7 Å². The lowest BCUT2D eigenvalue weighted by Crippen LogP contribution is -2.42. The molecule has 1 saturated heterocycles. The first kappa shape index (κ1) is 24.2. The van der Waals surface area contributed by atoms with Gasteiger partial charge in [-0.05, 0) is 64.3 Å². The van der Waals surface area contributed by atoms with Gasteiger partial charge in [-0.2, -0.15) is 0 Å². The van der Waals surface area contributed by atoms with E-state index in [-0.39, 0.29) is 36.2 Å². The largest absolute Gasteiger partial charge is 0.494 e. The topological polar surface area (TPSA) is 79.5 Å². The van der Waals surface area contributed by atoms with Crippen molar-refractivity contribution in [1.29, 1.82) is 0 Å². The van der Waals surface area contributed by atoms with Crippen LogP contribution in [-0.2, 0) is 9.59 Å². The van der Waals surface area contributed by atoms with E-state index in [1.165, 1.54) is 0 Å². The molecule has 3 N–H and O–H groups in total. The summed E-state index contributed by atoms with van der Waals surface area (Å²) in [6, 6.07) is 8.10. The molecule has 0 bridgehead atoms. The second-order valence-electron chi connectivity index (χ2n) is 7.26. The minimum Gasteiger partial charge on any atom is -0.494 e. The molecule has 0 saturated carbocycles. The van der Waals surface area contributed by atoms with E-state index in [1.54, 1.807) is 0 Å². The van der Waals surface area contributed by atoms with Gasteiger partial charge in [-0.15, -0.1) is 12.4 Å². The third-order valence-corrected chi connectivity index (χ3v) is 4.94. The van der Waals surface area contributed by atoms with E-state index in [4.69, 9.17) is 4.74 Å². The minimum absolute atomic E-state index is 0. The van der Waals surface area contributed by atoms with Crippen LogP contribution >= 0.6 is 12.4 Å². The number of hydrogen-bond acceptors (Lipinski definition) is 4. The molecule has 158 valence electrons. The van der Waals surface area contributed by atoms with Gasteiger partial charge in [0, 0.05) is 24.9 Å². The van der Waals surface area contributed by atoms with Crippen LogP contribution in [0.25, 0.3) is 0 Å². The normalized spacial score (nSPS) is 19.8. The van der Waals surface area contributed by atoms with Crippen molar-refractivity contribution in [2.45, 2.75) is 58.5 Å². The molecule has 0 spiro atoms. The number of nitrogens with one attached hydrogen (secondary N) is 3. The molecule has 7 heteroatoms. The molecule has 1 aromatic rings. The highest BCUT2D eigenvalue weighted by molar-refractivity contribution is 5.85. The molecule has 1 aliphatic rings. The van der Waals surface area contributed by atoms with Gasteiger partial charge in [-0.25, -0.2) is 0 Å². The molecule has 28 heavy (non-hydrogen) atoms. The Labute approximate surface area is 174 Å². The molecule has 0 aliphatic carbocycles. The Balaban J connectivity index is 0.00000392. The molecule has 1 heterocycles. The van der Waals surface area contributed by atoms with Gasteiger partial charge in [0.25, 0.3) is 0 Å². The maximum atomic E-state index is 12.2. The van der Waals surface area contributed by atoms with Gasteiger partial charge in [0.15, 0.2) is 0 Å². The second-order valence-corrected chi connectivity index (χ2v) is 7.26. The minimum atomic E-state index is -0.0565. The molecule has 1 unspecified atom stereocenters. The van der Waals surface area contributed by atoms with Gasteiger partial charge in [0.05, 0.1) is 12.6 Å². The van der Waals surface area contributed by atoms with Crippen LogP contribution in [-0.4, -0.2) is 37.6 Å². The summed E-state index contributed by atoms with van der Waals surface area (Å²) in [7, 11) is 0. The van der Waals surface area contributed by atoms with E-state index in [0.29, 0.717) is 32.0 Å². The first-order valence-corrected chi connectivity index (χ1v) is 10.0. The molecule has 6 nitrogen and oxygen atoms in total. The van der Waals surface area contributed by atoms with Gasteiger partial charge in [-0.1, -0.05) is 12.1 Å². The summed E-state index contributed by atoms with van der Waals surface area (Å²) in [6.45, 7) is 8.10. The van der Waals surface area contributed by atoms with Crippen LogP contribution in [0.1, 0.15) is 58.1 Å². The number of carbonyl (C=O) groups excluding carboxylic acids is 2. The summed E-state index contributed by atoms with van der Waals surface area (Å²) >= 11 is 0. The second kappa shape index (κ2) is 12.6. The lowest BCUT2D eigenvalue weighted by Gasteiger charge is -2.27. The first-order valence-electron chi connectivity index (χ1n) is 10.0. The average Bonchev–Trinajstić information content (AvgIpc) is 2.66. The van der Waals surface area contributed by atoms with Crippen molar-refractivity contribution >= 4 is 24.2 Å². The maximum Gasteiger partial charge on any atom is 0.223 e. The SMILES string of the molecule is CCOc1ccc(C(C)NC(=O)CCCNC(=O)[C@H]2CCN[C@@H](C)C2)cc1.Cl. The van der Waals surface area contributed by atoms with Crippen molar-refractivity contribution in [3.05, 3.63) is 29.8 Å². The fourth-order valence-corrected chi connectivity index (χ4v) is 3.39. The van der Waals surface area contributed by atoms with Crippen molar-refractivity contribution in [2.24, 2.45) is 5.92 Å². The number of amides is 2. The van der Waals surface area contributed by atoms with Crippen LogP contribution in [0.5, 0.6) is 5.75 Å². The molecule has 0 aromatic heterocycles. The van der Waals surface area contributed by atoms with Crippen LogP contribution in [0.2, 0.25) is 0 Å². The number of benzene rings is 1. The summed E-state index contributed by atoms with van der Waals surface area (Å²) in [6.07, 6.45) is 2.82. The number of halogens is 1. The predicted octanol–water partition coefficient (Wildman–Crippen LogP) is 2.97. The zero-order valence-electron chi connectivity index (χ0n) is 17.1. The van der Waals surface area contributed by atoms with Gasteiger partial charge in [-0.3, -0.25) is 9.59 Å². The molecule has 2 rings (SSSR count). The van der Waals surface area contributed by atoms with E-state index >= 15 is 0 Å². The van der Waals surface area contributed by atoms with Gasteiger partial charge in [0.1, 0.15) is 5.75 Å². The maximum absolute atomic E-state index is 12.2. The summed E-state index contributed by atoms with van der Waals surface area (Å²) < 4.78 is 5.43. The highest BCUT2D eigenvalue weighted by Crippen LogP contribution is 2.18. The number of rotatable bonds is 9. The predicted molar refractivity (Wildman–Crippen MR) is 114 cm³/mol. The Bertz CT molecular complexity index is 609. The Morgan fingerprint density at radius 3 is 2.64 bits per heavy atom. The third-order valence-electron chi connectivity index (χ3n) is 4.94. The van der Waals surface area contributed by atoms with Gasteiger partial charge >= 0.3 is 0 Å². The quantitative estimate of drug-likeness (QED) is 0.546. The standard InChI is InChI=1S/C21H33N3O3.ClH/c1-4-27-19-9-7-17(8-10-19)16(3)24-20(25)6-5-12-23-21(26)18-11-13-22-15(2)14-18;/h7-10,15-16,18,22H,4-6,11-14H2,1-3H3,(H,23,26)(H,24,25);1H/t15-,16?,18-;/m0./s1. The van der Waals surface area contributed by atoms with E-state index in [9.17, 15) is 9.59 Å². The first-order chi connectivity index (χ1) is 13.0. The average molecular weight is 412 g/mol. The highest BCUT2D eigenvalue weighted by Gasteiger charge is 2.24. The summed E-state index contributed by atoms with van der Waals surface area (Å²) in [5.41, 5.74) is 1.04. The lowest BCUT2D eigenvalue weighted by atomic mass is 9.92. The lowest BCUT2D eigenvalue weighted by molar-refractivity contribution is -0.126. The fourth-order valence-electron chi connectivity index (χ4n) is 3.39. The molecule has 2 amide bonds. The van der Waals surface area contributed by atoms with E-state index in [0.717, 1.165) is 30.7 Å². The summed E-state index contributed by atoms with van der Waals surface area (Å²) in [4.78, 5) is 24.3. The number of carbonyl (C=O) groups is 2. The molecule has 0 radical (unpaired) electrons. The molecule has 1 fully saturated rings. The van der Waals surface area contributed by atoms with Crippen molar-refractivity contribution in [2.75, 3.05) is 19.7 Å². The van der Waals surface area contributed by atoms with E-state index in [2.05, 4.69) is 22.9 Å². The van der Waals surface area contributed by atoms with Crippen molar-refractivity contribution < 1.29 is 14.3 Å². The summed E-state index contributed by atoms with van der Waals surface area (Å²) in [5.74, 6) is 1.04. The molecule has 1 aromatic carbocycles. The number of hydrogen-bond donors (Lipinski definition) is 3. The van der Waals surface area contributed by atoms with E-state index in [1.807, 2.05) is 38.1 Å². The van der Waals surface area contributed by atoms with Crippen molar-refractivity contribution in [1.82, 2.24) is 16.0 Å². The molecule has 3 atom stereocenters. The smallest absolute Gasteiger partial charge is 0.223 e. The monoisotopic (exact) mass is 411 g/mol.